The quantitative estimate of drug-likeness (QED) is 0.166. The highest BCUT2D eigenvalue weighted by Crippen LogP contribution is 2.22. The summed E-state index contributed by atoms with van der Waals surface area (Å²) in [5.41, 5.74) is 5.08. The number of aromatic nitrogens is 6. The third-order valence-corrected chi connectivity index (χ3v) is 6.24. The molecule has 4 heterocycles. The summed E-state index contributed by atoms with van der Waals surface area (Å²) in [5.74, 6) is 1.69. The minimum Gasteiger partial charge on any atom is -0.411 e. The van der Waals surface area contributed by atoms with Crippen molar-refractivity contribution in [3.63, 3.8) is 0 Å². The first-order valence-electron chi connectivity index (χ1n) is 12.5. The molecule has 0 saturated heterocycles. The van der Waals surface area contributed by atoms with Gasteiger partial charge in [0.1, 0.15) is 11.6 Å². The zero-order valence-electron chi connectivity index (χ0n) is 22.0. The van der Waals surface area contributed by atoms with Crippen LogP contribution in [0.15, 0.2) is 120 Å². The molecule has 4 aromatic heterocycles. The first-order valence-corrected chi connectivity index (χ1v) is 12.5. The van der Waals surface area contributed by atoms with Crippen LogP contribution in [-0.4, -0.2) is 51.5 Å². The van der Waals surface area contributed by atoms with Crippen LogP contribution >= 0.6 is 0 Å². The van der Waals surface area contributed by atoms with Crippen LogP contribution in [0.5, 0.6) is 0 Å². The van der Waals surface area contributed by atoms with Crippen molar-refractivity contribution in [1.29, 1.82) is 0 Å². The van der Waals surface area contributed by atoms with E-state index in [2.05, 4.69) is 20.5 Å². The minimum absolute atomic E-state index is 0.785. The molecular weight excluding hydrogens is 504 g/mol. The highest BCUT2D eigenvalue weighted by Gasteiger charge is 2.17. The average Bonchev–Trinajstić information content (AvgIpc) is 3.79. The minimum atomic E-state index is 0.785. The summed E-state index contributed by atoms with van der Waals surface area (Å²) in [6, 6.07) is 27.5. The molecule has 0 bridgehead atoms. The van der Waals surface area contributed by atoms with Gasteiger partial charge in [0.2, 0.25) is 0 Å². The first kappa shape index (κ1) is 26.0. The predicted octanol–water partition coefficient (Wildman–Crippen LogP) is 5.56. The van der Waals surface area contributed by atoms with Crippen molar-refractivity contribution in [2.75, 3.05) is 0 Å². The van der Waals surface area contributed by atoms with E-state index in [1.165, 1.54) is 12.4 Å². The third-order valence-electron chi connectivity index (χ3n) is 6.24. The largest absolute Gasteiger partial charge is 0.411 e. The SMILES string of the molecule is Cc1nn(-c2ccccc2)c(-n2cccc2)c1/C=N/O.Cc1nn(-c2ccccc2)c(-n2cccc2)c1/C=N/O. The first-order chi connectivity index (χ1) is 19.6. The molecule has 0 aliphatic heterocycles. The Morgan fingerprint density at radius 1 is 0.550 bits per heavy atom. The third kappa shape index (κ3) is 5.18. The molecule has 200 valence electrons. The summed E-state index contributed by atoms with van der Waals surface area (Å²) in [6.07, 6.45) is 10.6. The summed E-state index contributed by atoms with van der Waals surface area (Å²) >= 11 is 0. The predicted molar refractivity (Wildman–Crippen MR) is 154 cm³/mol. The average molecular weight is 533 g/mol. The van der Waals surface area contributed by atoms with E-state index >= 15 is 0 Å². The number of benzene rings is 2. The zero-order valence-corrected chi connectivity index (χ0v) is 22.0. The fourth-order valence-corrected chi connectivity index (χ4v) is 4.42. The van der Waals surface area contributed by atoms with Crippen molar-refractivity contribution >= 4 is 12.4 Å². The lowest BCUT2D eigenvalue weighted by molar-refractivity contribution is 0.321. The molecule has 2 N–H and O–H groups in total. The molecule has 0 aliphatic carbocycles. The molecule has 0 unspecified atom stereocenters. The van der Waals surface area contributed by atoms with Crippen LogP contribution in [0.25, 0.3) is 23.0 Å². The maximum Gasteiger partial charge on any atom is 0.149 e. The molecule has 0 radical (unpaired) electrons. The van der Waals surface area contributed by atoms with Crippen molar-refractivity contribution in [1.82, 2.24) is 28.7 Å². The van der Waals surface area contributed by atoms with Crippen LogP contribution < -0.4 is 0 Å². The molecule has 6 rings (SSSR count). The second-order valence-electron chi connectivity index (χ2n) is 8.81. The Hall–Kier alpha value is -5.64. The maximum absolute atomic E-state index is 8.87. The normalized spacial score (nSPS) is 11.2. The highest BCUT2D eigenvalue weighted by atomic mass is 16.4. The molecule has 0 aliphatic rings. The van der Waals surface area contributed by atoms with Crippen LogP contribution in [0, 0.1) is 13.8 Å². The van der Waals surface area contributed by atoms with Gasteiger partial charge in [-0.1, -0.05) is 46.7 Å². The Morgan fingerprint density at radius 2 is 0.900 bits per heavy atom. The van der Waals surface area contributed by atoms with E-state index in [0.29, 0.717) is 0 Å². The smallest absolute Gasteiger partial charge is 0.149 e. The fourth-order valence-electron chi connectivity index (χ4n) is 4.42. The monoisotopic (exact) mass is 532 g/mol. The fraction of sp³-hybridized carbons (Fsp3) is 0.0667. The van der Waals surface area contributed by atoms with Gasteiger partial charge in [-0.3, -0.25) is 0 Å². The molecule has 2 aromatic carbocycles. The van der Waals surface area contributed by atoms with Gasteiger partial charge >= 0.3 is 0 Å². The van der Waals surface area contributed by atoms with E-state index in [-0.39, 0.29) is 0 Å². The number of aryl methyl sites for hydroxylation is 2. The standard InChI is InChI=1S/2C15H14N4O/c2*1-12-14(11-16-20)15(18-9-5-6-10-18)19(17-12)13-7-3-2-4-8-13/h2*2-11,20H,1H3/b2*16-11+. The molecule has 0 saturated carbocycles. The van der Waals surface area contributed by atoms with E-state index in [0.717, 1.165) is 45.5 Å². The van der Waals surface area contributed by atoms with E-state index < -0.39 is 0 Å². The molecule has 0 atom stereocenters. The zero-order chi connectivity index (χ0) is 27.9. The lowest BCUT2D eigenvalue weighted by atomic mass is 10.2. The van der Waals surface area contributed by atoms with Crippen molar-refractivity contribution in [3.8, 4) is 23.0 Å². The lowest BCUT2D eigenvalue weighted by Crippen LogP contribution is -2.05. The van der Waals surface area contributed by atoms with Gasteiger partial charge in [-0.2, -0.15) is 10.2 Å². The van der Waals surface area contributed by atoms with E-state index in [1.807, 2.05) is 142 Å². The van der Waals surface area contributed by atoms with Gasteiger partial charge < -0.3 is 19.5 Å². The molecule has 10 heteroatoms. The number of hydrogen-bond donors (Lipinski definition) is 2. The van der Waals surface area contributed by atoms with Gasteiger partial charge in [-0.15, -0.1) is 0 Å². The second-order valence-corrected chi connectivity index (χ2v) is 8.81. The summed E-state index contributed by atoms with van der Waals surface area (Å²) < 4.78 is 7.58. The van der Waals surface area contributed by atoms with Crippen molar-refractivity contribution < 1.29 is 10.4 Å². The molecule has 0 amide bonds. The van der Waals surface area contributed by atoms with Crippen LogP contribution in [0.4, 0.5) is 0 Å². The number of hydrogen-bond acceptors (Lipinski definition) is 6. The van der Waals surface area contributed by atoms with Gasteiger partial charge in [0, 0.05) is 24.8 Å². The topological polar surface area (TPSA) is 111 Å². The summed E-state index contributed by atoms with van der Waals surface area (Å²) in [4.78, 5) is 0. The van der Waals surface area contributed by atoms with Crippen molar-refractivity contribution in [2.45, 2.75) is 13.8 Å². The Labute approximate surface area is 231 Å². The summed E-state index contributed by atoms with van der Waals surface area (Å²) in [7, 11) is 0. The summed E-state index contributed by atoms with van der Waals surface area (Å²) in [6.45, 7) is 3.78. The molecule has 10 nitrogen and oxygen atoms in total. The van der Waals surface area contributed by atoms with E-state index in [1.54, 1.807) is 0 Å². The Kier molecular flexibility index (Phi) is 7.68. The second kappa shape index (κ2) is 11.8. The number of para-hydroxylation sites is 2. The molecule has 0 fully saturated rings. The van der Waals surface area contributed by atoms with Crippen LogP contribution in [0.1, 0.15) is 22.5 Å². The molecular formula is C30H28N8O2. The molecule has 6 aromatic rings. The van der Waals surface area contributed by atoms with Crippen molar-refractivity contribution in [3.05, 3.63) is 132 Å². The lowest BCUT2D eigenvalue weighted by Gasteiger charge is -2.09. The van der Waals surface area contributed by atoms with Gasteiger partial charge in [-0.05, 0) is 62.4 Å². The van der Waals surface area contributed by atoms with E-state index in [4.69, 9.17) is 10.4 Å². The Balaban J connectivity index is 0.000000161. The van der Waals surface area contributed by atoms with Gasteiger partial charge in [0.25, 0.3) is 0 Å². The van der Waals surface area contributed by atoms with Gasteiger partial charge in [0.15, 0.2) is 0 Å². The molecule has 40 heavy (non-hydrogen) atoms. The van der Waals surface area contributed by atoms with Crippen molar-refractivity contribution in [2.24, 2.45) is 10.3 Å². The molecule has 0 spiro atoms. The Bertz CT molecular complexity index is 1580. The Morgan fingerprint density at radius 3 is 1.23 bits per heavy atom. The van der Waals surface area contributed by atoms with E-state index in [9.17, 15) is 0 Å². The maximum atomic E-state index is 8.87. The van der Waals surface area contributed by atoms with Crippen LogP contribution in [0.3, 0.4) is 0 Å². The highest BCUT2D eigenvalue weighted by molar-refractivity contribution is 5.86. The number of nitrogens with zero attached hydrogens (tertiary/aromatic N) is 8. The van der Waals surface area contributed by atoms with Crippen LogP contribution in [-0.2, 0) is 0 Å². The number of rotatable bonds is 6. The van der Waals surface area contributed by atoms with Gasteiger partial charge in [0.05, 0.1) is 46.3 Å². The van der Waals surface area contributed by atoms with Gasteiger partial charge in [-0.25, -0.2) is 9.36 Å². The van der Waals surface area contributed by atoms with Crippen LogP contribution in [0.2, 0.25) is 0 Å². The summed E-state index contributed by atoms with van der Waals surface area (Å²) in [5, 5.41) is 33.1. The number of oxime groups is 2.